The highest BCUT2D eigenvalue weighted by molar-refractivity contribution is 5.94. The molecule has 0 saturated heterocycles. The Balaban J connectivity index is 1.58. The van der Waals surface area contributed by atoms with Crippen molar-refractivity contribution < 1.29 is 9.59 Å². The summed E-state index contributed by atoms with van der Waals surface area (Å²) < 4.78 is 0. The van der Waals surface area contributed by atoms with Crippen LogP contribution in [0.1, 0.15) is 58.3 Å². The van der Waals surface area contributed by atoms with E-state index in [2.05, 4.69) is 56.4 Å². The van der Waals surface area contributed by atoms with Crippen molar-refractivity contribution in [1.29, 1.82) is 0 Å². The van der Waals surface area contributed by atoms with Crippen molar-refractivity contribution in [2.75, 3.05) is 11.4 Å². The molecule has 1 aliphatic heterocycles. The fraction of sp³-hybridized carbons (Fsp3) is 0.333. The predicted octanol–water partition coefficient (Wildman–Crippen LogP) is 4.69. The van der Waals surface area contributed by atoms with E-state index < -0.39 is 6.04 Å². The highest BCUT2D eigenvalue weighted by atomic mass is 16.2. The summed E-state index contributed by atoms with van der Waals surface area (Å²) in [7, 11) is 0. The second-order valence-electron chi connectivity index (χ2n) is 9.73. The van der Waals surface area contributed by atoms with Gasteiger partial charge in [-0.15, -0.1) is 0 Å². The molecule has 0 fully saturated rings. The number of carbonyl (C=O) groups excluding carboxylic acids is 2. The smallest absolute Gasteiger partial charge is 0.237 e. The number of para-hydroxylation sites is 1. The number of amides is 2. The second-order valence-corrected chi connectivity index (χ2v) is 9.73. The Bertz CT molecular complexity index is 1210. The van der Waals surface area contributed by atoms with E-state index in [1.54, 1.807) is 6.92 Å². The fourth-order valence-electron chi connectivity index (χ4n) is 5.29. The van der Waals surface area contributed by atoms with Crippen molar-refractivity contribution in [3.63, 3.8) is 0 Å². The summed E-state index contributed by atoms with van der Waals surface area (Å²) in [5.74, 6) is -0.149. The van der Waals surface area contributed by atoms with Gasteiger partial charge in [-0.2, -0.15) is 0 Å². The molecule has 35 heavy (non-hydrogen) atoms. The number of hydrogen-bond donors (Lipinski definition) is 2. The van der Waals surface area contributed by atoms with Crippen LogP contribution in [0.4, 0.5) is 5.69 Å². The Morgan fingerprint density at radius 2 is 1.71 bits per heavy atom. The van der Waals surface area contributed by atoms with Crippen LogP contribution < -0.4 is 16.0 Å². The van der Waals surface area contributed by atoms with E-state index in [1.807, 2.05) is 35.2 Å². The lowest BCUT2D eigenvalue weighted by molar-refractivity contribution is -0.123. The molecule has 3 N–H and O–H groups in total. The van der Waals surface area contributed by atoms with Crippen molar-refractivity contribution in [2.45, 2.75) is 59.0 Å². The van der Waals surface area contributed by atoms with Crippen LogP contribution in [0.5, 0.6) is 0 Å². The lowest BCUT2D eigenvalue weighted by Crippen LogP contribution is -2.46. The molecule has 0 bridgehead atoms. The van der Waals surface area contributed by atoms with E-state index in [0.29, 0.717) is 19.4 Å². The normalized spacial score (nSPS) is 15.9. The number of anilines is 1. The van der Waals surface area contributed by atoms with Gasteiger partial charge in [0.15, 0.2) is 0 Å². The Morgan fingerprint density at radius 3 is 2.37 bits per heavy atom. The summed E-state index contributed by atoms with van der Waals surface area (Å²) in [6.45, 7) is 8.38. The molecule has 0 unspecified atom stereocenters. The Hall–Kier alpha value is -3.44. The molecule has 1 aliphatic rings. The maximum atomic E-state index is 13.2. The molecule has 4 rings (SSSR count). The number of nitrogens with zero attached hydrogens (tertiary/aromatic N) is 1. The van der Waals surface area contributed by atoms with Gasteiger partial charge in [0, 0.05) is 13.5 Å². The monoisotopic (exact) mass is 469 g/mol. The van der Waals surface area contributed by atoms with Crippen LogP contribution in [0.25, 0.3) is 0 Å². The van der Waals surface area contributed by atoms with Crippen molar-refractivity contribution in [3.05, 3.63) is 99.6 Å². The average Bonchev–Trinajstić information content (AvgIpc) is 2.82. The summed E-state index contributed by atoms with van der Waals surface area (Å²) in [5.41, 5.74) is 15.2. The summed E-state index contributed by atoms with van der Waals surface area (Å²) >= 11 is 0. The van der Waals surface area contributed by atoms with E-state index in [-0.39, 0.29) is 17.9 Å². The first kappa shape index (κ1) is 24.7. The van der Waals surface area contributed by atoms with Crippen molar-refractivity contribution in [3.8, 4) is 0 Å². The number of benzene rings is 3. The van der Waals surface area contributed by atoms with Gasteiger partial charge < -0.3 is 16.0 Å². The quantitative estimate of drug-likeness (QED) is 0.550. The number of fused-ring (bicyclic) bond motifs is 1. The largest absolute Gasteiger partial charge is 0.348 e. The van der Waals surface area contributed by atoms with E-state index >= 15 is 0 Å². The van der Waals surface area contributed by atoms with Crippen LogP contribution in [0.15, 0.2) is 60.7 Å². The van der Waals surface area contributed by atoms with E-state index in [4.69, 9.17) is 5.73 Å². The number of nitrogens with one attached hydrogen (secondary N) is 1. The maximum Gasteiger partial charge on any atom is 0.237 e. The first-order valence-corrected chi connectivity index (χ1v) is 12.3. The summed E-state index contributed by atoms with van der Waals surface area (Å²) in [5, 5.41) is 3.19. The van der Waals surface area contributed by atoms with Crippen LogP contribution in [0, 0.1) is 20.8 Å². The van der Waals surface area contributed by atoms with Gasteiger partial charge >= 0.3 is 0 Å². The number of hydrogen-bond acceptors (Lipinski definition) is 3. The van der Waals surface area contributed by atoms with E-state index in [0.717, 1.165) is 39.9 Å². The van der Waals surface area contributed by atoms with Crippen molar-refractivity contribution in [1.82, 2.24) is 5.32 Å². The van der Waals surface area contributed by atoms with Crippen LogP contribution in [-0.2, 0) is 22.4 Å². The first-order chi connectivity index (χ1) is 16.7. The van der Waals surface area contributed by atoms with E-state index in [9.17, 15) is 9.59 Å². The highest BCUT2D eigenvalue weighted by Gasteiger charge is 2.31. The summed E-state index contributed by atoms with van der Waals surface area (Å²) in [6.07, 6.45) is 1.87. The molecule has 3 aromatic carbocycles. The standard InChI is InChI=1S/C30H35N3O2/c1-19-15-20(2)26(21(3)16-19)18-27(31)30(35)32-28-13-14-33(22(4)34)29-24(11-8-12-25(28)29)17-23-9-6-5-7-10-23/h5-12,15-16,27-28H,13-14,17-18,31H2,1-4H3,(H,32,35)/t27-,28+/m0/s1. The van der Waals surface area contributed by atoms with Crippen molar-refractivity contribution >= 4 is 17.5 Å². The molecule has 5 heteroatoms. The maximum absolute atomic E-state index is 13.2. The van der Waals surface area contributed by atoms with Gasteiger partial charge in [-0.1, -0.05) is 66.2 Å². The molecule has 0 saturated carbocycles. The topological polar surface area (TPSA) is 75.4 Å². The average molecular weight is 470 g/mol. The molecule has 2 atom stereocenters. The fourth-order valence-corrected chi connectivity index (χ4v) is 5.29. The number of nitrogens with two attached hydrogens (primary N) is 1. The Labute approximate surface area is 208 Å². The summed E-state index contributed by atoms with van der Waals surface area (Å²) in [4.78, 5) is 27.5. The van der Waals surface area contributed by atoms with Gasteiger partial charge in [0.05, 0.1) is 17.8 Å². The zero-order valence-corrected chi connectivity index (χ0v) is 21.1. The zero-order valence-electron chi connectivity index (χ0n) is 21.1. The SMILES string of the molecule is CC(=O)N1CC[C@@H](NC(=O)[C@@H](N)Cc2c(C)cc(C)cc2C)c2cccc(Cc3ccccc3)c21. The van der Waals surface area contributed by atoms with Gasteiger partial charge in [-0.25, -0.2) is 0 Å². The minimum Gasteiger partial charge on any atom is -0.348 e. The third-order valence-corrected chi connectivity index (χ3v) is 6.97. The van der Waals surface area contributed by atoms with Gasteiger partial charge in [-0.05, 0) is 73.4 Å². The van der Waals surface area contributed by atoms with Gasteiger partial charge in [0.2, 0.25) is 11.8 Å². The molecule has 5 nitrogen and oxygen atoms in total. The van der Waals surface area contributed by atoms with Crippen LogP contribution >= 0.6 is 0 Å². The molecule has 2 amide bonds. The molecule has 0 aromatic heterocycles. The zero-order chi connectivity index (χ0) is 25.1. The molecule has 0 radical (unpaired) electrons. The third-order valence-electron chi connectivity index (χ3n) is 6.97. The molecule has 3 aromatic rings. The van der Waals surface area contributed by atoms with Gasteiger partial charge in [-0.3, -0.25) is 9.59 Å². The molecule has 1 heterocycles. The van der Waals surface area contributed by atoms with Crippen LogP contribution in [0.2, 0.25) is 0 Å². The number of aryl methyl sites for hydroxylation is 3. The predicted molar refractivity (Wildman–Crippen MR) is 142 cm³/mol. The van der Waals surface area contributed by atoms with Crippen LogP contribution in [0.3, 0.4) is 0 Å². The van der Waals surface area contributed by atoms with Gasteiger partial charge in [0.25, 0.3) is 0 Å². The third kappa shape index (κ3) is 5.46. The Kier molecular flexibility index (Phi) is 7.37. The molecule has 182 valence electrons. The molecular weight excluding hydrogens is 434 g/mol. The van der Waals surface area contributed by atoms with Crippen LogP contribution in [-0.4, -0.2) is 24.4 Å². The summed E-state index contributed by atoms with van der Waals surface area (Å²) in [6, 6.07) is 19.8. The number of carbonyl (C=O) groups is 2. The highest BCUT2D eigenvalue weighted by Crippen LogP contribution is 2.37. The van der Waals surface area contributed by atoms with Gasteiger partial charge in [0.1, 0.15) is 0 Å². The van der Waals surface area contributed by atoms with Crippen molar-refractivity contribution in [2.24, 2.45) is 5.73 Å². The Morgan fingerprint density at radius 1 is 1.03 bits per heavy atom. The van der Waals surface area contributed by atoms with E-state index in [1.165, 1.54) is 11.1 Å². The molecular formula is C30H35N3O2. The lowest BCUT2D eigenvalue weighted by Gasteiger charge is -2.36. The lowest BCUT2D eigenvalue weighted by atomic mass is 9.90. The first-order valence-electron chi connectivity index (χ1n) is 12.3. The minimum atomic E-state index is -0.642. The molecule has 0 aliphatic carbocycles. The second kappa shape index (κ2) is 10.4. The molecule has 0 spiro atoms. The number of rotatable bonds is 6. The minimum absolute atomic E-state index is 0.0126.